The number of halogens is 1. The van der Waals surface area contributed by atoms with Crippen molar-refractivity contribution in [2.45, 2.75) is 47.5 Å². The molecule has 1 saturated heterocycles. The molecule has 1 aliphatic rings. The lowest BCUT2D eigenvalue weighted by Crippen LogP contribution is -2.32. The number of hydrogen-bond acceptors (Lipinski definition) is 5. The van der Waals surface area contributed by atoms with E-state index >= 15 is 0 Å². The number of carbonyl (C=O) groups is 1. The van der Waals surface area contributed by atoms with E-state index < -0.39 is 0 Å². The van der Waals surface area contributed by atoms with Gasteiger partial charge in [-0.2, -0.15) is 5.10 Å². The Morgan fingerprint density at radius 1 is 1.12 bits per heavy atom. The van der Waals surface area contributed by atoms with Crippen LogP contribution in [0.15, 0.2) is 24.3 Å². The van der Waals surface area contributed by atoms with Crippen molar-refractivity contribution in [1.29, 1.82) is 0 Å². The lowest BCUT2D eigenvalue weighted by atomic mass is 10.1. The van der Waals surface area contributed by atoms with E-state index in [-0.39, 0.29) is 5.91 Å². The predicted molar refractivity (Wildman–Crippen MR) is 131 cm³/mol. The number of amides is 1. The third-order valence-electron chi connectivity index (χ3n) is 6.32. The van der Waals surface area contributed by atoms with Gasteiger partial charge in [0.1, 0.15) is 0 Å². The maximum Gasteiger partial charge on any atom is 0.251 e. The third-order valence-corrected chi connectivity index (χ3v) is 6.56. The lowest BCUT2D eigenvalue weighted by Gasteiger charge is -2.21. The minimum atomic E-state index is 0.0134. The Morgan fingerprint density at radius 2 is 1.85 bits per heavy atom. The van der Waals surface area contributed by atoms with Crippen LogP contribution in [-0.2, 0) is 11.2 Å². The number of anilines is 1. The monoisotopic (exact) mass is 466 g/mol. The molecule has 1 aromatic carbocycles. The topological polar surface area (TPSA) is 75.9 Å². The number of aryl methyl sites for hydroxylation is 4. The van der Waals surface area contributed by atoms with Crippen molar-refractivity contribution in [1.82, 2.24) is 25.1 Å². The van der Waals surface area contributed by atoms with E-state index in [1.807, 2.05) is 45.9 Å². The van der Waals surface area contributed by atoms with Crippen molar-refractivity contribution in [3.8, 4) is 5.95 Å². The van der Waals surface area contributed by atoms with Gasteiger partial charge in [-0.15, -0.1) is 0 Å². The zero-order valence-corrected chi connectivity index (χ0v) is 20.7. The van der Waals surface area contributed by atoms with Crippen LogP contribution in [0.25, 0.3) is 5.95 Å². The number of nitrogens with zero attached hydrogens (tertiary/aromatic N) is 5. The molecule has 1 aliphatic heterocycles. The Balaban J connectivity index is 1.37. The van der Waals surface area contributed by atoms with E-state index in [4.69, 9.17) is 11.6 Å². The average molecular weight is 467 g/mol. The smallest absolute Gasteiger partial charge is 0.251 e. The van der Waals surface area contributed by atoms with Gasteiger partial charge in [-0.3, -0.25) is 4.79 Å². The second-order valence-corrected chi connectivity index (χ2v) is 9.46. The SMILES string of the molecule is Cc1cc(C)nc(-n2nc(C)c(CC(=O)NCC3CCN(c4cc(Cl)ccc4C)C3)c2C)n1. The zero-order chi connectivity index (χ0) is 23.7. The predicted octanol–water partition coefficient (Wildman–Crippen LogP) is 4.04. The summed E-state index contributed by atoms with van der Waals surface area (Å²) in [6, 6.07) is 7.94. The maximum atomic E-state index is 12.8. The van der Waals surface area contributed by atoms with E-state index in [9.17, 15) is 4.79 Å². The van der Waals surface area contributed by atoms with Crippen molar-refractivity contribution in [3.63, 3.8) is 0 Å². The Labute approximate surface area is 200 Å². The van der Waals surface area contributed by atoms with Gasteiger partial charge in [-0.1, -0.05) is 17.7 Å². The summed E-state index contributed by atoms with van der Waals surface area (Å²) in [6.07, 6.45) is 1.35. The molecule has 3 heterocycles. The fourth-order valence-corrected chi connectivity index (χ4v) is 4.72. The molecule has 1 unspecified atom stereocenters. The van der Waals surface area contributed by atoms with Gasteiger partial charge in [-0.05, 0) is 70.7 Å². The molecule has 0 saturated carbocycles. The molecular formula is C25H31ClN6O. The van der Waals surface area contributed by atoms with Gasteiger partial charge in [0.25, 0.3) is 5.95 Å². The number of nitrogens with one attached hydrogen (secondary N) is 1. The molecule has 1 amide bonds. The largest absolute Gasteiger partial charge is 0.371 e. The van der Waals surface area contributed by atoms with E-state index in [0.29, 0.717) is 24.8 Å². The molecule has 0 radical (unpaired) electrons. The van der Waals surface area contributed by atoms with Crippen LogP contribution in [0.2, 0.25) is 5.02 Å². The van der Waals surface area contributed by atoms with Crippen molar-refractivity contribution in [3.05, 3.63) is 63.2 Å². The maximum absolute atomic E-state index is 12.8. The summed E-state index contributed by atoms with van der Waals surface area (Å²) < 4.78 is 1.74. The Bertz CT molecular complexity index is 1170. The highest BCUT2D eigenvalue weighted by molar-refractivity contribution is 6.30. The van der Waals surface area contributed by atoms with Crippen LogP contribution in [0.4, 0.5) is 5.69 Å². The average Bonchev–Trinajstić information content (AvgIpc) is 3.33. The van der Waals surface area contributed by atoms with Crippen LogP contribution < -0.4 is 10.2 Å². The number of aromatic nitrogens is 4. The standard InChI is InChI=1S/C25H31ClN6O/c1-15-6-7-21(26)11-23(15)31-9-8-20(14-31)13-27-24(33)12-22-18(4)30-32(19(22)5)25-28-16(2)10-17(3)29-25/h6-7,10-11,20H,8-9,12-14H2,1-5H3,(H,27,33). The summed E-state index contributed by atoms with van der Waals surface area (Å²) in [4.78, 5) is 24.1. The molecule has 8 heteroatoms. The minimum absolute atomic E-state index is 0.0134. The first kappa shape index (κ1) is 23.2. The van der Waals surface area contributed by atoms with Crippen molar-refractivity contribution >= 4 is 23.2 Å². The van der Waals surface area contributed by atoms with E-state index in [1.165, 1.54) is 11.3 Å². The van der Waals surface area contributed by atoms with Crippen LogP contribution >= 0.6 is 11.6 Å². The fourth-order valence-electron chi connectivity index (χ4n) is 4.55. The highest BCUT2D eigenvalue weighted by atomic mass is 35.5. The minimum Gasteiger partial charge on any atom is -0.371 e. The molecule has 174 valence electrons. The highest BCUT2D eigenvalue weighted by Crippen LogP contribution is 2.29. The Morgan fingerprint density at radius 3 is 2.58 bits per heavy atom. The zero-order valence-electron chi connectivity index (χ0n) is 19.9. The van der Waals surface area contributed by atoms with Gasteiger partial charge in [0.2, 0.25) is 5.91 Å². The van der Waals surface area contributed by atoms with Crippen LogP contribution in [0.3, 0.4) is 0 Å². The first-order valence-corrected chi connectivity index (χ1v) is 11.7. The van der Waals surface area contributed by atoms with Crippen LogP contribution in [0.1, 0.15) is 40.3 Å². The molecule has 2 aromatic heterocycles. The van der Waals surface area contributed by atoms with Gasteiger partial charge in [0, 0.05) is 53.0 Å². The number of hydrogen-bond donors (Lipinski definition) is 1. The van der Waals surface area contributed by atoms with E-state index in [1.54, 1.807) is 4.68 Å². The Kier molecular flexibility index (Phi) is 6.70. The first-order chi connectivity index (χ1) is 15.7. The van der Waals surface area contributed by atoms with Crippen molar-refractivity contribution in [2.75, 3.05) is 24.5 Å². The van der Waals surface area contributed by atoms with Crippen molar-refractivity contribution < 1.29 is 4.79 Å². The quantitative estimate of drug-likeness (QED) is 0.593. The third kappa shape index (κ3) is 5.19. The van der Waals surface area contributed by atoms with Crippen LogP contribution in [0.5, 0.6) is 0 Å². The lowest BCUT2D eigenvalue weighted by molar-refractivity contribution is -0.120. The van der Waals surface area contributed by atoms with Gasteiger partial charge in [-0.25, -0.2) is 14.6 Å². The molecule has 4 rings (SSSR count). The molecule has 1 atom stereocenters. The second kappa shape index (κ2) is 9.51. The van der Waals surface area contributed by atoms with Crippen molar-refractivity contribution in [2.24, 2.45) is 5.92 Å². The molecule has 3 aromatic rings. The molecule has 0 aliphatic carbocycles. The fraction of sp³-hybridized carbons (Fsp3) is 0.440. The summed E-state index contributed by atoms with van der Waals surface area (Å²) in [5.41, 5.74) is 6.84. The molecule has 7 nitrogen and oxygen atoms in total. The van der Waals surface area contributed by atoms with E-state index in [2.05, 4.69) is 38.3 Å². The van der Waals surface area contributed by atoms with Crippen LogP contribution in [0, 0.1) is 40.5 Å². The van der Waals surface area contributed by atoms with Crippen LogP contribution in [-0.4, -0.2) is 45.3 Å². The molecule has 1 fully saturated rings. The second-order valence-electron chi connectivity index (χ2n) is 9.02. The summed E-state index contributed by atoms with van der Waals surface area (Å²) in [6.45, 7) is 12.4. The van der Waals surface area contributed by atoms with Gasteiger partial charge in [0.15, 0.2) is 0 Å². The molecule has 1 N–H and O–H groups in total. The summed E-state index contributed by atoms with van der Waals surface area (Å²) in [7, 11) is 0. The normalized spacial score (nSPS) is 15.8. The van der Waals surface area contributed by atoms with E-state index in [0.717, 1.165) is 52.9 Å². The number of rotatable bonds is 6. The Hall–Kier alpha value is -2.93. The van der Waals surface area contributed by atoms with Gasteiger partial charge >= 0.3 is 0 Å². The highest BCUT2D eigenvalue weighted by Gasteiger charge is 2.25. The molecule has 33 heavy (non-hydrogen) atoms. The molecule has 0 bridgehead atoms. The number of carbonyl (C=O) groups excluding carboxylic acids is 1. The number of benzene rings is 1. The molecular weight excluding hydrogens is 436 g/mol. The molecule has 0 spiro atoms. The summed E-state index contributed by atoms with van der Waals surface area (Å²) in [5, 5.41) is 8.49. The summed E-state index contributed by atoms with van der Waals surface area (Å²) >= 11 is 6.19. The van der Waals surface area contributed by atoms with Gasteiger partial charge in [0.05, 0.1) is 12.1 Å². The first-order valence-electron chi connectivity index (χ1n) is 11.4. The van der Waals surface area contributed by atoms with Gasteiger partial charge < -0.3 is 10.2 Å². The summed E-state index contributed by atoms with van der Waals surface area (Å²) in [5.74, 6) is 0.975.